The van der Waals surface area contributed by atoms with Gasteiger partial charge in [0, 0.05) is 12.6 Å². The van der Waals surface area contributed by atoms with E-state index in [2.05, 4.69) is 10.3 Å². The van der Waals surface area contributed by atoms with Crippen LogP contribution >= 0.6 is 0 Å². The number of hydrogen-bond acceptors (Lipinski definition) is 4. The van der Waals surface area contributed by atoms with Gasteiger partial charge in [-0.3, -0.25) is 9.36 Å². The number of alkyl halides is 3. The van der Waals surface area contributed by atoms with Crippen LogP contribution in [0.1, 0.15) is 25.0 Å². The standard InChI is InChI=1S/C14H17F3N4O2/c15-14(16,17)8-21-12(19-7-9-3-1-2-4-9)6-10(5-11(18)22)20-13(21)23/h3,6,19H,1-2,4-5,7-8H2,(H2,18,22). The van der Waals surface area contributed by atoms with E-state index >= 15 is 0 Å². The van der Waals surface area contributed by atoms with Crippen molar-refractivity contribution in [1.29, 1.82) is 0 Å². The van der Waals surface area contributed by atoms with Crippen molar-refractivity contribution in [2.24, 2.45) is 5.73 Å². The number of nitrogens with one attached hydrogen (secondary N) is 1. The van der Waals surface area contributed by atoms with Crippen molar-refractivity contribution in [2.45, 2.75) is 38.4 Å². The van der Waals surface area contributed by atoms with Gasteiger partial charge in [-0.1, -0.05) is 11.6 Å². The molecule has 0 bridgehead atoms. The average Bonchev–Trinajstić information content (AvgIpc) is 2.91. The monoisotopic (exact) mass is 330 g/mol. The minimum Gasteiger partial charge on any atom is -0.369 e. The van der Waals surface area contributed by atoms with Crippen molar-refractivity contribution in [3.8, 4) is 0 Å². The third-order valence-electron chi connectivity index (χ3n) is 3.39. The highest BCUT2D eigenvalue weighted by atomic mass is 19.4. The number of aromatic nitrogens is 2. The van der Waals surface area contributed by atoms with Gasteiger partial charge in [0.05, 0.1) is 12.1 Å². The number of anilines is 1. The van der Waals surface area contributed by atoms with E-state index in [1.807, 2.05) is 6.08 Å². The molecule has 6 nitrogen and oxygen atoms in total. The molecular formula is C14H17F3N4O2. The van der Waals surface area contributed by atoms with Crippen LogP contribution in [0.25, 0.3) is 0 Å². The first kappa shape index (κ1) is 17.0. The first-order chi connectivity index (χ1) is 10.7. The fourth-order valence-corrected chi connectivity index (χ4v) is 2.40. The predicted octanol–water partition coefficient (Wildman–Crippen LogP) is 1.36. The largest absolute Gasteiger partial charge is 0.406 e. The molecule has 0 saturated heterocycles. The quantitative estimate of drug-likeness (QED) is 0.771. The Labute approximate surface area is 130 Å². The van der Waals surface area contributed by atoms with Gasteiger partial charge in [-0.05, 0) is 19.3 Å². The molecule has 23 heavy (non-hydrogen) atoms. The van der Waals surface area contributed by atoms with Gasteiger partial charge in [-0.25, -0.2) is 4.79 Å². The van der Waals surface area contributed by atoms with Gasteiger partial charge < -0.3 is 11.1 Å². The van der Waals surface area contributed by atoms with Crippen LogP contribution in [0, 0.1) is 0 Å². The summed E-state index contributed by atoms with van der Waals surface area (Å²) < 4.78 is 38.5. The van der Waals surface area contributed by atoms with Crippen LogP contribution < -0.4 is 16.7 Å². The van der Waals surface area contributed by atoms with Crippen LogP contribution in [0.3, 0.4) is 0 Å². The summed E-state index contributed by atoms with van der Waals surface area (Å²) in [7, 11) is 0. The van der Waals surface area contributed by atoms with Crippen molar-refractivity contribution in [3.05, 3.63) is 33.9 Å². The Bertz CT molecular complexity index is 680. The lowest BCUT2D eigenvalue weighted by Gasteiger charge is -2.17. The van der Waals surface area contributed by atoms with E-state index < -0.39 is 24.3 Å². The number of halogens is 3. The molecule has 3 N–H and O–H groups in total. The molecule has 1 aromatic heterocycles. The number of hydrogen-bond donors (Lipinski definition) is 2. The molecule has 126 valence electrons. The highest BCUT2D eigenvalue weighted by Gasteiger charge is 2.30. The molecule has 1 aliphatic carbocycles. The highest BCUT2D eigenvalue weighted by Crippen LogP contribution is 2.21. The summed E-state index contributed by atoms with van der Waals surface area (Å²) in [6.07, 6.45) is -0.0228. The third-order valence-corrected chi connectivity index (χ3v) is 3.39. The van der Waals surface area contributed by atoms with E-state index in [9.17, 15) is 22.8 Å². The highest BCUT2D eigenvalue weighted by molar-refractivity contribution is 5.76. The Morgan fingerprint density at radius 1 is 1.43 bits per heavy atom. The lowest BCUT2D eigenvalue weighted by Crippen LogP contribution is -2.33. The molecule has 2 rings (SSSR count). The maximum absolute atomic E-state index is 12.7. The van der Waals surface area contributed by atoms with E-state index in [-0.39, 0.29) is 17.9 Å². The van der Waals surface area contributed by atoms with Gasteiger partial charge in [0.15, 0.2) is 0 Å². The van der Waals surface area contributed by atoms with E-state index in [0.717, 1.165) is 24.8 Å². The summed E-state index contributed by atoms with van der Waals surface area (Å²) in [6.45, 7) is -1.10. The van der Waals surface area contributed by atoms with Crippen LogP contribution in [0.5, 0.6) is 0 Å². The number of nitrogens with two attached hydrogens (primary N) is 1. The maximum Gasteiger partial charge on any atom is 0.406 e. The molecule has 0 aliphatic heterocycles. The number of allylic oxidation sites excluding steroid dienone is 1. The Hall–Kier alpha value is -2.32. The van der Waals surface area contributed by atoms with Crippen LogP contribution in [-0.4, -0.2) is 28.2 Å². The molecule has 1 aliphatic rings. The second-order valence-electron chi connectivity index (χ2n) is 5.37. The molecule has 1 aromatic rings. The lowest BCUT2D eigenvalue weighted by molar-refractivity contribution is -0.141. The van der Waals surface area contributed by atoms with Crippen LogP contribution in [-0.2, 0) is 17.8 Å². The molecular weight excluding hydrogens is 313 g/mol. The minimum absolute atomic E-state index is 0.0219. The molecule has 0 unspecified atom stereocenters. The molecule has 0 aromatic carbocycles. The summed E-state index contributed by atoms with van der Waals surface area (Å²) in [6, 6.07) is 1.26. The number of rotatable bonds is 6. The van der Waals surface area contributed by atoms with Crippen molar-refractivity contribution < 1.29 is 18.0 Å². The Morgan fingerprint density at radius 2 is 2.17 bits per heavy atom. The smallest absolute Gasteiger partial charge is 0.369 e. The van der Waals surface area contributed by atoms with Gasteiger partial charge in [-0.2, -0.15) is 18.2 Å². The molecule has 0 atom stereocenters. The second-order valence-corrected chi connectivity index (χ2v) is 5.37. The summed E-state index contributed by atoms with van der Waals surface area (Å²) in [5, 5.41) is 2.83. The predicted molar refractivity (Wildman–Crippen MR) is 77.9 cm³/mol. The molecule has 0 radical (unpaired) electrons. The number of amides is 1. The maximum atomic E-state index is 12.7. The lowest BCUT2D eigenvalue weighted by atomic mass is 10.2. The topological polar surface area (TPSA) is 90.0 Å². The first-order valence-electron chi connectivity index (χ1n) is 7.12. The van der Waals surface area contributed by atoms with Crippen molar-refractivity contribution >= 4 is 11.7 Å². The molecule has 0 fully saturated rings. The SMILES string of the molecule is NC(=O)Cc1cc(NCC2=CCCC2)n(CC(F)(F)F)c(=O)n1. The first-order valence-corrected chi connectivity index (χ1v) is 7.12. The van der Waals surface area contributed by atoms with E-state index in [1.165, 1.54) is 6.07 Å². The number of carbonyl (C=O) groups excluding carboxylic acids is 1. The van der Waals surface area contributed by atoms with Crippen LogP contribution in [0.4, 0.5) is 19.0 Å². The van der Waals surface area contributed by atoms with Gasteiger partial charge in [0.25, 0.3) is 0 Å². The fourth-order valence-electron chi connectivity index (χ4n) is 2.40. The molecule has 1 amide bonds. The Morgan fingerprint density at radius 3 is 2.74 bits per heavy atom. The summed E-state index contributed by atoms with van der Waals surface area (Å²) in [5.41, 5.74) is 5.09. The van der Waals surface area contributed by atoms with Crippen molar-refractivity contribution in [2.75, 3.05) is 11.9 Å². The zero-order valence-electron chi connectivity index (χ0n) is 12.3. The van der Waals surface area contributed by atoms with Gasteiger partial charge in [0.2, 0.25) is 5.91 Å². The van der Waals surface area contributed by atoms with Crippen LogP contribution in [0.15, 0.2) is 22.5 Å². The van der Waals surface area contributed by atoms with Gasteiger partial charge >= 0.3 is 11.9 Å². The Kier molecular flexibility index (Phi) is 5.07. The summed E-state index contributed by atoms with van der Waals surface area (Å²) >= 11 is 0. The fraction of sp³-hybridized carbons (Fsp3) is 0.500. The molecule has 0 saturated carbocycles. The van der Waals surface area contributed by atoms with Crippen LogP contribution in [0.2, 0.25) is 0 Å². The Balaban J connectivity index is 2.30. The van der Waals surface area contributed by atoms with Crippen molar-refractivity contribution in [1.82, 2.24) is 9.55 Å². The molecule has 0 spiro atoms. The van der Waals surface area contributed by atoms with Gasteiger partial charge in [0.1, 0.15) is 12.4 Å². The third kappa shape index (κ3) is 5.11. The van der Waals surface area contributed by atoms with E-state index in [1.54, 1.807) is 0 Å². The average molecular weight is 330 g/mol. The van der Waals surface area contributed by atoms with Crippen molar-refractivity contribution in [3.63, 3.8) is 0 Å². The van der Waals surface area contributed by atoms with E-state index in [4.69, 9.17) is 5.73 Å². The number of primary amides is 1. The van der Waals surface area contributed by atoms with Gasteiger partial charge in [-0.15, -0.1) is 0 Å². The number of carbonyl (C=O) groups is 1. The zero-order chi connectivity index (χ0) is 17.0. The zero-order valence-corrected chi connectivity index (χ0v) is 12.3. The number of nitrogens with zero attached hydrogens (tertiary/aromatic N) is 2. The minimum atomic E-state index is -4.56. The normalized spacial score (nSPS) is 14.7. The molecule has 9 heteroatoms. The van der Waals surface area contributed by atoms with E-state index in [0.29, 0.717) is 11.1 Å². The second kappa shape index (κ2) is 6.84. The summed E-state index contributed by atoms with van der Waals surface area (Å²) in [5.74, 6) is -0.735. The summed E-state index contributed by atoms with van der Waals surface area (Å²) in [4.78, 5) is 26.3. The molecule has 1 heterocycles.